The van der Waals surface area contributed by atoms with E-state index in [1.54, 1.807) is 0 Å². The van der Waals surface area contributed by atoms with Crippen molar-refractivity contribution in [3.63, 3.8) is 0 Å². The summed E-state index contributed by atoms with van der Waals surface area (Å²) in [6.07, 6.45) is 2.17. The molecule has 4 aromatic rings. The van der Waals surface area contributed by atoms with Gasteiger partial charge in [0.25, 0.3) is 0 Å². The van der Waals surface area contributed by atoms with E-state index < -0.39 is 0 Å². The molecule has 138 valence electrons. The van der Waals surface area contributed by atoms with E-state index in [0.717, 1.165) is 60.2 Å². The molecule has 2 aromatic carbocycles. The molecule has 0 saturated carbocycles. The van der Waals surface area contributed by atoms with Crippen LogP contribution >= 0.6 is 0 Å². The summed E-state index contributed by atoms with van der Waals surface area (Å²) in [6, 6.07) is 15.9. The van der Waals surface area contributed by atoms with Crippen molar-refractivity contribution in [2.45, 2.75) is 18.8 Å². The van der Waals surface area contributed by atoms with Crippen molar-refractivity contribution in [1.29, 1.82) is 0 Å². The molecule has 0 unspecified atom stereocenters. The van der Waals surface area contributed by atoms with Crippen molar-refractivity contribution in [3.8, 4) is 0 Å². The molecule has 1 saturated heterocycles. The predicted octanol–water partition coefficient (Wildman–Crippen LogP) is 2.88. The lowest BCUT2D eigenvalue weighted by atomic mass is 9.91. The van der Waals surface area contributed by atoms with Gasteiger partial charge in [0, 0.05) is 17.8 Å². The minimum Gasteiger partial charge on any atom is -0.394 e. The number of hydrogen-bond donors (Lipinski definition) is 0. The smallest absolute Gasteiger partial charge is 0.167 e. The summed E-state index contributed by atoms with van der Waals surface area (Å²) in [5, 5.41) is 13.6. The predicted molar refractivity (Wildman–Crippen MR) is 101 cm³/mol. The molecule has 1 aliphatic rings. The summed E-state index contributed by atoms with van der Waals surface area (Å²) in [6.45, 7) is 3.53. The zero-order valence-corrected chi connectivity index (χ0v) is 15.0. The zero-order valence-electron chi connectivity index (χ0n) is 15.0. The zero-order chi connectivity index (χ0) is 18.1. The number of nitrogens with zero attached hydrogens (tertiary/aromatic N) is 5. The summed E-state index contributed by atoms with van der Waals surface area (Å²) < 4.78 is 5.47. The van der Waals surface area contributed by atoms with Crippen LogP contribution in [0.3, 0.4) is 0 Å². The normalized spacial score (nSPS) is 16.3. The van der Waals surface area contributed by atoms with Gasteiger partial charge in [-0.15, -0.1) is 5.10 Å². The maximum atomic E-state index is 5.79. The first-order valence-electron chi connectivity index (χ1n) is 9.39. The fourth-order valence-electron chi connectivity index (χ4n) is 3.83. The van der Waals surface area contributed by atoms with Crippen molar-refractivity contribution >= 4 is 22.0 Å². The van der Waals surface area contributed by atoms with E-state index in [4.69, 9.17) is 9.36 Å². The molecule has 0 amide bonds. The molecule has 2 aromatic heterocycles. The quantitative estimate of drug-likeness (QED) is 0.543. The number of rotatable bonds is 5. The number of fused-ring (bicyclic) bond motifs is 2. The molecule has 0 bridgehead atoms. The molecule has 1 fully saturated rings. The lowest BCUT2D eigenvalue weighted by molar-refractivity contribution is 0.0616. The van der Waals surface area contributed by atoms with E-state index in [9.17, 15) is 0 Å². The first kappa shape index (κ1) is 16.3. The summed E-state index contributed by atoms with van der Waals surface area (Å²) in [5.41, 5.74) is 3.73. The van der Waals surface area contributed by atoms with Crippen LogP contribution in [0.1, 0.15) is 24.5 Å². The minimum absolute atomic E-state index is 0.463. The third kappa shape index (κ3) is 3.14. The number of para-hydroxylation sites is 2. The SMILES string of the molecule is c1ccc2c(c1)nnn2OCCN1CCC(c2noc3ccccc23)CC1. The van der Waals surface area contributed by atoms with E-state index in [1.165, 1.54) is 4.85 Å². The highest BCUT2D eigenvalue weighted by Crippen LogP contribution is 2.32. The molecule has 0 atom stereocenters. The fourth-order valence-corrected chi connectivity index (χ4v) is 3.83. The maximum absolute atomic E-state index is 5.79. The van der Waals surface area contributed by atoms with Crippen LogP contribution in [0.4, 0.5) is 0 Å². The van der Waals surface area contributed by atoms with Crippen molar-refractivity contribution in [1.82, 2.24) is 25.2 Å². The molecular formula is C20H21N5O2. The van der Waals surface area contributed by atoms with E-state index >= 15 is 0 Å². The number of hydrogen-bond acceptors (Lipinski definition) is 6. The number of benzene rings is 2. The van der Waals surface area contributed by atoms with Gasteiger partial charge in [-0.1, -0.05) is 34.3 Å². The van der Waals surface area contributed by atoms with Crippen LogP contribution in [0.15, 0.2) is 53.1 Å². The summed E-state index contributed by atoms with van der Waals surface area (Å²) in [5.74, 6) is 0.463. The Balaban J connectivity index is 1.15. The highest BCUT2D eigenvalue weighted by Gasteiger charge is 2.24. The maximum Gasteiger partial charge on any atom is 0.167 e. The van der Waals surface area contributed by atoms with Gasteiger partial charge in [-0.25, -0.2) is 0 Å². The summed E-state index contributed by atoms with van der Waals surface area (Å²) >= 11 is 0. The van der Waals surface area contributed by atoms with E-state index in [0.29, 0.717) is 12.5 Å². The van der Waals surface area contributed by atoms with E-state index in [2.05, 4.69) is 26.4 Å². The number of piperidine rings is 1. The third-order valence-electron chi connectivity index (χ3n) is 5.32. The average molecular weight is 363 g/mol. The van der Waals surface area contributed by atoms with Crippen molar-refractivity contribution in [2.75, 3.05) is 26.2 Å². The van der Waals surface area contributed by atoms with Gasteiger partial charge in [0.1, 0.15) is 17.6 Å². The molecule has 7 heteroatoms. The van der Waals surface area contributed by atoms with Gasteiger partial charge in [-0.2, -0.15) is 0 Å². The van der Waals surface area contributed by atoms with Gasteiger partial charge < -0.3 is 9.36 Å². The Bertz CT molecular complexity index is 1050. The van der Waals surface area contributed by atoms with E-state index in [1.807, 2.05) is 42.5 Å². The van der Waals surface area contributed by atoms with Crippen molar-refractivity contribution < 1.29 is 9.36 Å². The topological polar surface area (TPSA) is 69.2 Å². The molecule has 0 spiro atoms. The molecule has 5 rings (SSSR count). The van der Waals surface area contributed by atoms with Gasteiger partial charge in [0.2, 0.25) is 0 Å². The summed E-state index contributed by atoms with van der Waals surface area (Å²) in [7, 11) is 0. The first-order valence-corrected chi connectivity index (χ1v) is 9.39. The Morgan fingerprint density at radius 1 is 1.04 bits per heavy atom. The third-order valence-corrected chi connectivity index (χ3v) is 5.32. The van der Waals surface area contributed by atoms with Crippen molar-refractivity contribution in [3.05, 3.63) is 54.2 Å². The molecule has 1 aliphatic heterocycles. The van der Waals surface area contributed by atoms with Crippen LogP contribution in [-0.2, 0) is 0 Å². The Kier molecular flexibility index (Phi) is 4.21. The fraction of sp³-hybridized carbons (Fsp3) is 0.350. The van der Waals surface area contributed by atoms with Crippen molar-refractivity contribution in [2.24, 2.45) is 0 Å². The molecule has 0 radical (unpaired) electrons. The largest absolute Gasteiger partial charge is 0.394 e. The van der Waals surface area contributed by atoms with Gasteiger partial charge in [-0.05, 0) is 55.4 Å². The Labute approximate surface area is 156 Å². The Morgan fingerprint density at radius 3 is 2.78 bits per heavy atom. The molecule has 7 nitrogen and oxygen atoms in total. The minimum atomic E-state index is 0.463. The van der Waals surface area contributed by atoms with Gasteiger partial charge in [-0.3, -0.25) is 4.90 Å². The molecular weight excluding hydrogens is 342 g/mol. The lowest BCUT2D eigenvalue weighted by Gasteiger charge is -2.30. The van der Waals surface area contributed by atoms with Crippen LogP contribution < -0.4 is 4.84 Å². The Morgan fingerprint density at radius 2 is 1.85 bits per heavy atom. The monoisotopic (exact) mass is 363 g/mol. The second kappa shape index (κ2) is 7.00. The molecule has 0 aliphatic carbocycles. The van der Waals surface area contributed by atoms with Crippen LogP contribution in [0.5, 0.6) is 0 Å². The van der Waals surface area contributed by atoms with Gasteiger partial charge in [0.05, 0.1) is 5.69 Å². The molecule has 0 N–H and O–H groups in total. The van der Waals surface area contributed by atoms with Crippen LogP contribution in [0.25, 0.3) is 22.0 Å². The molecule has 3 heterocycles. The highest BCUT2D eigenvalue weighted by molar-refractivity contribution is 5.79. The standard InChI is InChI=1S/C20H21N5O2/c1-4-8-19-16(5-1)20(22-27-19)15-9-11-24(12-10-15)13-14-26-25-18-7-3-2-6-17(18)21-23-25/h1-8,15H,9-14H2. The average Bonchev–Trinajstić information content (AvgIpc) is 3.33. The second-order valence-corrected chi connectivity index (χ2v) is 6.96. The van der Waals surface area contributed by atoms with Crippen LogP contribution in [0, 0.1) is 0 Å². The van der Waals surface area contributed by atoms with E-state index in [-0.39, 0.29) is 0 Å². The summed E-state index contributed by atoms with van der Waals surface area (Å²) in [4.78, 5) is 9.74. The number of likely N-dealkylation sites (tertiary alicyclic amines) is 1. The van der Waals surface area contributed by atoms with Gasteiger partial charge in [0.15, 0.2) is 5.58 Å². The lowest BCUT2D eigenvalue weighted by Crippen LogP contribution is -2.37. The number of aromatic nitrogens is 4. The van der Waals surface area contributed by atoms with Crippen LogP contribution in [-0.4, -0.2) is 51.5 Å². The second-order valence-electron chi connectivity index (χ2n) is 6.96. The van der Waals surface area contributed by atoms with Gasteiger partial charge >= 0.3 is 0 Å². The first-order chi connectivity index (χ1) is 13.4. The highest BCUT2D eigenvalue weighted by atomic mass is 16.7. The Hall–Kier alpha value is -2.93. The van der Waals surface area contributed by atoms with Crippen LogP contribution in [0.2, 0.25) is 0 Å². The molecule has 27 heavy (non-hydrogen) atoms.